The number of nitrogens with zero attached hydrogens (tertiary/aromatic N) is 2. The third-order valence-corrected chi connectivity index (χ3v) is 2.74. The molecular formula is C8H11N3O2S. The van der Waals surface area contributed by atoms with Crippen molar-refractivity contribution in [3.8, 4) is 0 Å². The van der Waals surface area contributed by atoms with Crippen LogP contribution in [0.2, 0.25) is 0 Å². The van der Waals surface area contributed by atoms with Crippen LogP contribution in [0.3, 0.4) is 0 Å². The smallest absolute Gasteiger partial charge is 0.324 e. The minimum atomic E-state index is -1.25. The molecule has 0 bridgehead atoms. The molecule has 14 heavy (non-hydrogen) atoms. The standard InChI is InChI=1S/C8H11N3O2S/c1-8(9,6(12)13)5-14-7-10-3-2-4-11-7/h2-4H,5,9H2,1H3,(H,12,13). The Morgan fingerprint density at radius 2 is 2.21 bits per heavy atom. The fourth-order valence-electron chi connectivity index (χ4n) is 0.636. The molecule has 6 heteroatoms. The Morgan fingerprint density at radius 3 is 2.71 bits per heavy atom. The SMILES string of the molecule is CC(N)(CSc1ncccn1)C(=O)O. The summed E-state index contributed by atoms with van der Waals surface area (Å²) in [6.07, 6.45) is 3.20. The highest BCUT2D eigenvalue weighted by Crippen LogP contribution is 2.16. The van der Waals surface area contributed by atoms with Gasteiger partial charge in [-0.05, 0) is 13.0 Å². The zero-order valence-corrected chi connectivity index (χ0v) is 8.49. The number of hydrogen-bond donors (Lipinski definition) is 2. The van der Waals surface area contributed by atoms with Crippen LogP contribution in [0.25, 0.3) is 0 Å². The van der Waals surface area contributed by atoms with Crippen LogP contribution in [0, 0.1) is 0 Å². The third kappa shape index (κ3) is 2.97. The van der Waals surface area contributed by atoms with E-state index in [4.69, 9.17) is 10.8 Å². The molecular weight excluding hydrogens is 202 g/mol. The van der Waals surface area contributed by atoms with Crippen molar-refractivity contribution in [2.24, 2.45) is 5.73 Å². The Hall–Kier alpha value is -1.14. The largest absolute Gasteiger partial charge is 0.480 e. The molecule has 0 saturated heterocycles. The molecule has 0 fully saturated rings. The van der Waals surface area contributed by atoms with E-state index in [0.717, 1.165) is 0 Å². The van der Waals surface area contributed by atoms with Gasteiger partial charge in [0.1, 0.15) is 5.54 Å². The molecule has 1 heterocycles. The normalized spacial score (nSPS) is 14.7. The summed E-state index contributed by atoms with van der Waals surface area (Å²) >= 11 is 1.23. The fourth-order valence-corrected chi connectivity index (χ4v) is 1.46. The lowest BCUT2D eigenvalue weighted by Crippen LogP contribution is -2.47. The third-order valence-electron chi connectivity index (χ3n) is 1.53. The van der Waals surface area contributed by atoms with E-state index in [1.54, 1.807) is 18.5 Å². The number of carboxylic acid groups (broad SMARTS) is 1. The highest BCUT2D eigenvalue weighted by Gasteiger charge is 2.28. The maximum absolute atomic E-state index is 10.7. The first-order chi connectivity index (χ1) is 6.52. The van der Waals surface area contributed by atoms with Crippen LogP contribution in [-0.4, -0.2) is 32.3 Å². The predicted octanol–water partition coefficient (Wildman–Crippen LogP) is 0.371. The minimum absolute atomic E-state index is 0.242. The van der Waals surface area contributed by atoms with Crippen LogP contribution in [0.4, 0.5) is 0 Å². The summed E-state index contributed by atoms with van der Waals surface area (Å²) in [6, 6.07) is 1.70. The van der Waals surface area contributed by atoms with Crippen LogP contribution in [0.5, 0.6) is 0 Å². The summed E-state index contributed by atoms with van der Waals surface area (Å²) in [5.41, 5.74) is 4.29. The van der Waals surface area contributed by atoms with E-state index in [1.165, 1.54) is 18.7 Å². The van der Waals surface area contributed by atoms with E-state index >= 15 is 0 Å². The predicted molar refractivity (Wildman–Crippen MR) is 53.0 cm³/mol. The molecule has 0 aromatic carbocycles. The lowest BCUT2D eigenvalue weighted by Gasteiger charge is -2.17. The van der Waals surface area contributed by atoms with Gasteiger partial charge in [0, 0.05) is 18.1 Å². The van der Waals surface area contributed by atoms with Gasteiger partial charge in [-0.2, -0.15) is 0 Å². The van der Waals surface area contributed by atoms with Crippen molar-refractivity contribution in [2.75, 3.05) is 5.75 Å². The van der Waals surface area contributed by atoms with Gasteiger partial charge < -0.3 is 10.8 Å². The molecule has 3 N–H and O–H groups in total. The van der Waals surface area contributed by atoms with Gasteiger partial charge in [0.15, 0.2) is 5.16 Å². The molecule has 1 atom stereocenters. The van der Waals surface area contributed by atoms with Crippen LogP contribution in [0.15, 0.2) is 23.6 Å². The second-order valence-electron chi connectivity index (χ2n) is 3.04. The Kier molecular flexibility index (Phi) is 3.43. The number of hydrogen-bond acceptors (Lipinski definition) is 5. The first-order valence-corrected chi connectivity index (χ1v) is 4.93. The van der Waals surface area contributed by atoms with Gasteiger partial charge in [0.25, 0.3) is 0 Å². The summed E-state index contributed by atoms with van der Waals surface area (Å²) < 4.78 is 0. The van der Waals surface area contributed by atoms with Gasteiger partial charge >= 0.3 is 5.97 Å². The van der Waals surface area contributed by atoms with Crippen LogP contribution in [0.1, 0.15) is 6.92 Å². The molecule has 1 aromatic heterocycles. The van der Waals surface area contributed by atoms with Crippen molar-refractivity contribution >= 4 is 17.7 Å². The van der Waals surface area contributed by atoms with Crippen molar-refractivity contribution in [2.45, 2.75) is 17.6 Å². The number of carboxylic acids is 1. The number of thioether (sulfide) groups is 1. The molecule has 1 unspecified atom stereocenters. The summed E-state index contributed by atoms with van der Waals surface area (Å²) in [4.78, 5) is 18.6. The maximum Gasteiger partial charge on any atom is 0.324 e. The van der Waals surface area contributed by atoms with Gasteiger partial charge in [-0.3, -0.25) is 4.79 Å². The highest BCUT2D eigenvalue weighted by molar-refractivity contribution is 7.99. The molecule has 76 valence electrons. The summed E-state index contributed by atoms with van der Waals surface area (Å²) in [6.45, 7) is 1.46. The first-order valence-electron chi connectivity index (χ1n) is 3.94. The zero-order chi connectivity index (χ0) is 10.6. The van der Waals surface area contributed by atoms with Crippen molar-refractivity contribution < 1.29 is 9.90 Å². The summed E-state index contributed by atoms with van der Waals surface area (Å²) in [7, 11) is 0. The first kappa shape index (κ1) is 10.9. The van der Waals surface area contributed by atoms with Gasteiger partial charge in [-0.25, -0.2) is 9.97 Å². The number of nitrogens with two attached hydrogens (primary N) is 1. The molecule has 0 aliphatic carbocycles. The molecule has 0 spiro atoms. The van der Waals surface area contributed by atoms with E-state index in [2.05, 4.69) is 9.97 Å². The average Bonchev–Trinajstić information content (AvgIpc) is 2.16. The molecule has 0 aliphatic heterocycles. The lowest BCUT2D eigenvalue weighted by atomic mass is 10.1. The molecule has 0 saturated carbocycles. The summed E-state index contributed by atoms with van der Waals surface area (Å²) in [5.74, 6) is -0.785. The van der Waals surface area contributed by atoms with Gasteiger partial charge in [-0.15, -0.1) is 0 Å². The second-order valence-corrected chi connectivity index (χ2v) is 3.99. The van der Waals surface area contributed by atoms with E-state index in [-0.39, 0.29) is 5.75 Å². The van der Waals surface area contributed by atoms with E-state index < -0.39 is 11.5 Å². The second kappa shape index (κ2) is 4.39. The maximum atomic E-state index is 10.7. The van der Waals surface area contributed by atoms with Gasteiger partial charge in [0.2, 0.25) is 0 Å². The van der Waals surface area contributed by atoms with Gasteiger partial charge in [-0.1, -0.05) is 11.8 Å². The molecule has 0 radical (unpaired) electrons. The molecule has 1 rings (SSSR count). The Morgan fingerprint density at radius 1 is 1.64 bits per heavy atom. The van der Waals surface area contributed by atoms with E-state index in [1.807, 2.05) is 0 Å². The number of aromatic nitrogens is 2. The molecule has 0 amide bonds. The minimum Gasteiger partial charge on any atom is -0.480 e. The molecule has 1 aromatic rings. The topological polar surface area (TPSA) is 89.1 Å². The van der Waals surface area contributed by atoms with Crippen molar-refractivity contribution in [1.29, 1.82) is 0 Å². The van der Waals surface area contributed by atoms with Crippen LogP contribution >= 0.6 is 11.8 Å². The monoisotopic (exact) mass is 213 g/mol. The molecule has 0 aliphatic rings. The Bertz CT molecular complexity index is 316. The quantitative estimate of drug-likeness (QED) is 0.555. The molecule has 5 nitrogen and oxygen atoms in total. The average molecular weight is 213 g/mol. The number of rotatable bonds is 4. The number of carbonyl (C=O) groups is 1. The zero-order valence-electron chi connectivity index (χ0n) is 7.67. The lowest BCUT2D eigenvalue weighted by molar-refractivity contribution is -0.141. The van der Waals surface area contributed by atoms with Crippen LogP contribution in [-0.2, 0) is 4.79 Å². The van der Waals surface area contributed by atoms with E-state index in [9.17, 15) is 4.79 Å². The number of aliphatic carboxylic acids is 1. The van der Waals surface area contributed by atoms with Gasteiger partial charge in [0.05, 0.1) is 0 Å². The van der Waals surface area contributed by atoms with Crippen LogP contribution < -0.4 is 5.73 Å². The van der Waals surface area contributed by atoms with Crippen molar-refractivity contribution in [3.05, 3.63) is 18.5 Å². The van der Waals surface area contributed by atoms with E-state index in [0.29, 0.717) is 5.16 Å². The Labute approximate surface area is 85.7 Å². The highest BCUT2D eigenvalue weighted by atomic mass is 32.2. The van der Waals surface area contributed by atoms with Crippen molar-refractivity contribution in [1.82, 2.24) is 9.97 Å². The summed E-state index contributed by atoms with van der Waals surface area (Å²) in [5, 5.41) is 9.27. The van der Waals surface area contributed by atoms with Crippen molar-refractivity contribution in [3.63, 3.8) is 0 Å². The fraction of sp³-hybridized carbons (Fsp3) is 0.375. The Balaban J connectivity index is 2.53.